The number of carbonyl (C=O) groups excluding carboxylic acids is 1. The largest absolute Gasteiger partial charge is 0.504 e. The molecule has 2 aliphatic rings. The minimum absolute atomic E-state index is 0.00739. The molecule has 6 N–H and O–H groups in total. The highest BCUT2D eigenvalue weighted by Crippen LogP contribution is 2.45. The number of allylic oxidation sites excluding steroid dienone is 2. The second kappa shape index (κ2) is 17.3. The summed E-state index contributed by atoms with van der Waals surface area (Å²) >= 11 is 0. The Morgan fingerprint density at radius 3 is 2.49 bits per heavy atom. The number of aliphatic imine (C=N–C) groups is 1. The molecule has 2 aliphatic carbocycles. The number of anilines is 1. The van der Waals surface area contributed by atoms with Crippen LogP contribution in [0.25, 0.3) is 0 Å². The van der Waals surface area contributed by atoms with E-state index in [1.54, 1.807) is 26.3 Å². The maximum Gasteiger partial charge on any atom is 0.192 e. The SMILES string of the molecule is CN=C(N)Nc1cc(C[C@H](/C=C/C(=O)C2(Cc3ccc(O)c(OC)c3)CCCC2)C(C)C)cc(O[C@]2(CNC)CC[C@H](CCOC)C2)c1O. The van der Waals surface area contributed by atoms with Gasteiger partial charge in [0.15, 0.2) is 34.7 Å². The summed E-state index contributed by atoms with van der Waals surface area (Å²) in [6.45, 7) is 5.68. The summed E-state index contributed by atoms with van der Waals surface area (Å²) in [5, 5.41) is 27.9. The molecule has 2 aromatic rings. The third-order valence-electron chi connectivity index (χ3n) is 10.6. The quantitative estimate of drug-likeness (QED) is 0.0557. The van der Waals surface area contributed by atoms with Crippen LogP contribution in [0.1, 0.15) is 76.3 Å². The number of hydrogen-bond donors (Lipinski definition) is 5. The van der Waals surface area contributed by atoms with Gasteiger partial charge >= 0.3 is 0 Å². The summed E-state index contributed by atoms with van der Waals surface area (Å²) in [4.78, 5) is 18.0. The number of aromatic hydroxyl groups is 2. The van der Waals surface area contributed by atoms with Gasteiger partial charge in [-0.15, -0.1) is 0 Å². The van der Waals surface area contributed by atoms with Crippen molar-refractivity contribution < 1.29 is 29.2 Å². The Kier molecular flexibility index (Phi) is 13.4. The summed E-state index contributed by atoms with van der Waals surface area (Å²) in [6, 6.07) is 9.17. The van der Waals surface area contributed by atoms with Gasteiger partial charge in [0.05, 0.1) is 12.8 Å². The van der Waals surface area contributed by atoms with Gasteiger partial charge in [-0.3, -0.25) is 9.79 Å². The van der Waals surface area contributed by atoms with Gasteiger partial charge < -0.3 is 40.8 Å². The first-order valence-electron chi connectivity index (χ1n) is 17.7. The molecule has 0 aliphatic heterocycles. The van der Waals surface area contributed by atoms with E-state index in [2.05, 4.69) is 35.5 Å². The molecule has 4 rings (SSSR count). The predicted octanol–water partition coefficient (Wildman–Crippen LogP) is 6.38. The third kappa shape index (κ3) is 9.69. The van der Waals surface area contributed by atoms with E-state index in [0.29, 0.717) is 49.1 Å². The maximum atomic E-state index is 14.0. The highest BCUT2D eigenvalue weighted by Gasteiger charge is 2.42. The zero-order chi connectivity index (χ0) is 35.6. The van der Waals surface area contributed by atoms with Gasteiger partial charge in [-0.05, 0) is 118 Å². The second-order valence-corrected chi connectivity index (χ2v) is 14.4. The number of ether oxygens (including phenoxy) is 3. The van der Waals surface area contributed by atoms with Gasteiger partial charge in [-0.25, -0.2) is 0 Å². The van der Waals surface area contributed by atoms with E-state index in [1.807, 2.05) is 31.3 Å². The summed E-state index contributed by atoms with van der Waals surface area (Å²) in [5.74, 6) is 2.01. The zero-order valence-corrected chi connectivity index (χ0v) is 30.3. The molecule has 0 aromatic heterocycles. The number of likely N-dealkylation sites (N-methyl/N-ethyl adjacent to an activating group) is 1. The van der Waals surface area contributed by atoms with E-state index in [9.17, 15) is 15.0 Å². The number of nitrogens with one attached hydrogen (secondary N) is 2. The van der Waals surface area contributed by atoms with Crippen LogP contribution < -0.4 is 25.8 Å². The number of methoxy groups -OCH3 is 2. The van der Waals surface area contributed by atoms with Crippen molar-refractivity contribution in [1.29, 1.82) is 0 Å². The fraction of sp³-hybridized carbons (Fsp3) is 0.590. The molecule has 49 heavy (non-hydrogen) atoms. The molecular formula is C39H58N4O6. The standard InChI is InChI=1S/C39H58N4O6/c1-26(2)30(10-12-35(45)38(15-7-8-16-38)23-28-9-11-32(44)33(21-28)48-6)19-29-20-31(43-37(40)42-4)36(46)34(22-29)49-39(25-41-3)17-13-27(24-39)14-18-47-5/h9-12,20-22,26-27,30,41,44,46H,7-8,13-19,23-25H2,1-6H3,(H3,40,42,43)/b12-10+/t27-,30+,39-/m1/s1. The molecule has 0 unspecified atom stereocenters. The highest BCUT2D eigenvalue weighted by molar-refractivity contribution is 5.95. The lowest BCUT2D eigenvalue weighted by Crippen LogP contribution is -2.42. The number of benzene rings is 2. The van der Waals surface area contributed by atoms with Crippen molar-refractivity contribution in [2.75, 3.05) is 46.8 Å². The van der Waals surface area contributed by atoms with Crippen molar-refractivity contribution in [2.24, 2.45) is 33.9 Å². The average Bonchev–Trinajstić information content (AvgIpc) is 3.72. The van der Waals surface area contributed by atoms with Crippen molar-refractivity contribution >= 4 is 17.4 Å². The number of phenols is 2. The van der Waals surface area contributed by atoms with Crippen LogP contribution in [0.5, 0.6) is 23.0 Å². The fourth-order valence-electron chi connectivity index (χ4n) is 7.69. The van der Waals surface area contributed by atoms with Crippen molar-refractivity contribution in [2.45, 2.75) is 83.7 Å². The zero-order valence-electron chi connectivity index (χ0n) is 30.3. The molecule has 270 valence electrons. The van der Waals surface area contributed by atoms with Crippen LogP contribution in [0.2, 0.25) is 0 Å². The second-order valence-electron chi connectivity index (χ2n) is 14.4. The Hall–Kier alpha value is -3.76. The number of nitrogens with zero attached hydrogens (tertiary/aromatic N) is 1. The van der Waals surface area contributed by atoms with Crippen LogP contribution in [0.4, 0.5) is 5.69 Å². The Labute approximate surface area is 292 Å². The fourth-order valence-corrected chi connectivity index (χ4v) is 7.69. The Bertz CT molecular complexity index is 1470. The Morgan fingerprint density at radius 2 is 1.84 bits per heavy atom. The highest BCUT2D eigenvalue weighted by atomic mass is 16.5. The van der Waals surface area contributed by atoms with E-state index in [-0.39, 0.29) is 35.1 Å². The predicted molar refractivity (Wildman–Crippen MR) is 196 cm³/mol. The van der Waals surface area contributed by atoms with Gasteiger partial charge in [-0.1, -0.05) is 38.8 Å². The summed E-state index contributed by atoms with van der Waals surface area (Å²) in [6.07, 6.45) is 12.5. The van der Waals surface area contributed by atoms with E-state index >= 15 is 0 Å². The summed E-state index contributed by atoms with van der Waals surface area (Å²) < 4.78 is 17.4. The molecule has 0 bridgehead atoms. The molecule has 2 saturated carbocycles. The summed E-state index contributed by atoms with van der Waals surface area (Å²) in [5.41, 5.74) is 7.48. The number of guanidine groups is 1. The first-order valence-corrected chi connectivity index (χ1v) is 17.7. The van der Waals surface area contributed by atoms with E-state index in [4.69, 9.17) is 19.9 Å². The number of hydrogen-bond acceptors (Lipinski definition) is 8. The molecule has 10 nitrogen and oxygen atoms in total. The van der Waals surface area contributed by atoms with Crippen molar-refractivity contribution in [3.8, 4) is 23.0 Å². The number of ketones is 1. The van der Waals surface area contributed by atoms with Gasteiger partial charge in [-0.2, -0.15) is 0 Å². The van der Waals surface area contributed by atoms with Crippen molar-refractivity contribution in [1.82, 2.24) is 5.32 Å². The minimum atomic E-state index is -0.475. The van der Waals surface area contributed by atoms with Gasteiger partial charge in [0.25, 0.3) is 0 Å². The smallest absolute Gasteiger partial charge is 0.192 e. The van der Waals surface area contributed by atoms with Crippen LogP contribution in [0, 0.1) is 23.2 Å². The molecule has 2 aromatic carbocycles. The molecule has 2 fully saturated rings. The molecule has 10 heteroatoms. The number of carbonyl (C=O) groups is 1. The van der Waals surface area contributed by atoms with Gasteiger partial charge in [0.2, 0.25) is 0 Å². The molecule has 0 spiro atoms. The Balaban J connectivity index is 1.60. The number of nitrogens with two attached hydrogens (primary N) is 1. The van der Waals surface area contributed by atoms with E-state index in [1.165, 1.54) is 7.11 Å². The van der Waals surface area contributed by atoms with Crippen LogP contribution in [0.15, 0.2) is 47.5 Å². The number of phenolic OH excluding ortho intramolecular Hbond substituents is 2. The maximum absolute atomic E-state index is 14.0. The van der Waals surface area contributed by atoms with Crippen molar-refractivity contribution in [3.05, 3.63) is 53.6 Å². The normalized spacial score (nSPS) is 21.4. The van der Waals surface area contributed by atoms with E-state index in [0.717, 1.165) is 62.5 Å². The van der Waals surface area contributed by atoms with Crippen LogP contribution in [-0.2, 0) is 22.4 Å². The lowest BCUT2D eigenvalue weighted by molar-refractivity contribution is -0.123. The first kappa shape index (κ1) is 38.0. The van der Waals surface area contributed by atoms with Crippen LogP contribution in [0.3, 0.4) is 0 Å². The van der Waals surface area contributed by atoms with Crippen LogP contribution >= 0.6 is 0 Å². The molecule has 0 saturated heterocycles. The van der Waals surface area contributed by atoms with Crippen molar-refractivity contribution in [3.63, 3.8) is 0 Å². The Morgan fingerprint density at radius 1 is 1.10 bits per heavy atom. The lowest BCUT2D eigenvalue weighted by atomic mass is 9.75. The van der Waals surface area contributed by atoms with Gasteiger partial charge in [0, 0.05) is 32.7 Å². The molecule has 3 atom stereocenters. The van der Waals surface area contributed by atoms with E-state index < -0.39 is 11.0 Å². The number of rotatable bonds is 17. The summed E-state index contributed by atoms with van der Waals surface area (Å²) in [7, 11) is 6.78. The topological polar surface area (TPSA) is 148 Å². The minimum Gasteiger partial charge on any atom is -0.504 e. The van der Waals surface area contributed by atoms with Gasteiger partial charge in [0.1, 0.15) is 5.60 Å². The van der Waals surface area contributed by atoms with Crippen LogP contribution in [-0.4, -0.2) is 69.0 Å². The molecular weight excluding hydrogens is 620 g/mol. The first-order chi connectivity index (χ1) is 23.5. The molecule has 0 amide bonds. The molecule has 0 heterocycles. The average molecular weight is 679 g/mol. The molecule has 0 radical (unpaired) electrons. The third-order valence-corrected chi connectivity index (χ3v) is 10.6. The monoisotopic (exact) mass is 678 g/mol. The lowest BCUT2D eigenvalue weighted by Gasteiger charge is -2.32.